The molecule has 0 bridgehead atoms. The van der Waals surface area contributed by atoms with E-state index in [1.54, 1.807) is 4.90 Å². The third-order valence-corrected chi connectivity index (χ3v) is 5.32. The Bertz CT molecular complexity index is 699. The van der Waals surface area contributed by atoms with Crippen LogP contribution in [0.15, 0.2) is 18.2 Å². The number of carboxylic acids is 1. The van der Waals surface area contributed by atoms with E-state index in [-0.39, 0.29) is 30.3 Å². The summed E-state index contributed by atoms with van der Waals surface area (Å²) in [7, 11) is 0. The number of amides is 1. The molecule has 2 fully saturated rings. The molecule has 2 heterocycles. The Kier molecular flexibility index (Phi) is 4.72. The SMILES string of the molecule is O=C(O)CN(C(=O)[C@@H]1C[C@@H]1c1ccc2c(c1)OCCO2)C1CCOCC1. The molecule has 1 amide bonds. The summed E-state index contributed by atoms with van der Waals surface area (Å²) in [5.74, 6) is 0.395. The summed E-state index contributed by atoms with van der Waals surface area (Å²) in [6.07, 6.45) is 2.14. The van der Waals surface area contributed by atoms with Crippen LogP contribution in [-0.2, 0) is 14.3 Å². The lowest BCUT2D eigenvalue weighted by Crippen LogP contribution is -2.46. The molecule has 2 atom stereocenters. The van der Waals surface area contributed by atoms with E-state index in [9.17, 15) is 14.7 Å². The van der Waals surface area contributed by atoms with Crippen molar-refractivity contribution >= 4 is 11.9 Å². The number of aliphatic carboxylic acids is 1. The number of carbonyl (C=O) groups is 2. The first-order valence-electron chi connectivity index (χ1n) is 9.13. The van der Waals surface area contributed by atoms with E-state index in [1.807, 2.05) is 18.2 Å². The van der Waals surface area contributed by atoms with Gasteiger partial charge in [0.2, 0.25) is 5.91 Å². The van der Waals surface area contributed by atoms with Crippen LogP contribution in [0.4, 0.5) is 0 Å². The highest BCUT2D eigenvalue weighted by Crippen LogP contribution is 2.50. The van der Waals surface area contributed by atoms with Crippen molar-refractivity contribution in [2.45, 2.75) is 31.2 Å². The molecular formula is C19H23NO6. The standard InChI is InChI=1S/C19H23NO6/c21-18(22)11-20(13-3-5-24-6-4-13)19(23)15-10-14(15)12-1-2-16-17(9-12)26-8-7-25-16/h1-2,9,13-15H,3-8,10-11H2,(H,21,22)/t14-,15-/m1/s1. The molecule has 0 unspecified atom stereocenters. The summed E-state index contributed by atoms with van der Waals surface area (Å²) < 4.78 is 16.5. The summed E-state index contributed by atoms with van der Waals surface area (Å²) in [6.45, 7) is 1.98. The largest absolute Gasteiger partial charge is 0.486 e. The molecule has 1 aromatic rings. The van der Waals surface area contributed by atoms with Crippen LogP contribution in [0.2, 0.25) is 0 Å². The second-order valence-electron chi connectivity index (χ2n) is 7.06. The molecule has 1 saturated carbocycles. The Morgan fingerprint density at radius 1 is 1.08 bits per heavy atom. The maximum Gasteiger partial charge on any atom is 0.323 e. The Morgan fingerprint density at radius 2 is 1.81 bits per heavy atom. The molecule has 140 valence electrons. The second-order valence-corrected chi connectivity index (χ2v) is 7.06. The van der Waals surface area contributed by atoms with Crippen molar-refractivity contribution in [2.75, 3.05) is 33.0 Å². The lowest BCUT2D eigenvalue weighted by Gasteiger charge is -2.33. The maximum atomic E-state index is 13.0. The summed E-state index contributed by atoms with van der Waals surface area (Å²) in [4.78, 5) is 25.8. The molecule has 0 spiro atoms. The smallest absolute Gasteiger partial charge is 0.323 e. The highest BCUT2D eigenvalue weighted by atomic mass is 16.6. The molecular weight excluding hydrogens is 338 g/mol. The number of carbonyl (C=O) groups excluding carboxylic acids is 1. The van der Waals surface area contributed by atoms with E-state index >= 15 is 0 Å². The van der Waals surface area contributed by atoms with Gasteiger partial charge in [0.25, 0.3) is 0 Å². The van der Waals surface area contributed by atoms with Crippen molar-refractivity contribution < 1.29 is 28.9 Å². The van der Waals surface area contributed by atoms with Gasteiger partial charge in [-0.05, 0) is 42.9 Å². The van der Waals surface area contributed by atoms with Crippen molar-refractivity contribution in [1.29, 1.82) is 0 Å². The van der Waals surface area contributed by atoms with Crippen molar-refractivity contribution in [3.63, 3.8) is 0 Å². The quantitative estimate of drug-likeness (QED) is 0.858. The Hall–Kier alpha value is -2.28. The molecule has 7 nitrogen and oxygen atoms in total. The number of benzene rings is 1. The molecule has 1 saturated heterocycles. The molecule has 7 heteroatoms. The fraction of sp³-hybridized carbons (Fsp3) is 0.579. The third-order valence-electron chi connectivity index (χ3n) is 5.32. The van der Waals surface area contributed by atoms with Gasteiger partial charge >= 0.3 is 5.97 Å². The minimum atomic E-state index is -0.971. The van der Waals surface area contributed by atoms with Gasteiger partial charge in [0.05, 0.1) is 0 Å². The van der Waals surface area contributed by atoms with Gasteiger partial charge in [-0.3, -0.25) is 9.59 Å². The first-order chi connectivity index (χ1) is 12.6. The van der Waals surface area contributed by atoms with E-state index in [2.05, 4.69) is 0 Å². The van der Waals surface area contributed by atoms with Crippen LogP contribution in [0.5, 0.6) is 11.5 Å². The monoisotopic (exact) mass is 361 g/mol. The second kappa shape index (κ2) is 7.15. The van der Waals surface area contributed by atoms with Crippen LogP contribution >= 0.6 is 0 Å². The predicted octanol–water partition coefficient (Wildman–Crippen LogP) is 1.65. The van der Waals surface area contributed by atoms with Gasteiger partial charge < -0.3 is 24.2 Å². The Morgan fingerprint density at radius 3 is 2.54 bits per heavy atom. The van der Waals surface area contributed by atoms with Crippen LogP contribution in [-0.4, -0.2) is 60.9 Å². The van der Waals surface area contributed by atoms with Crippen LogP contribution in [0.25, 0.3) is 0 Å². The highest BCUT2D eigenvalue weighted by Gasteiger charge is 2.47. The van der Waals surface area contributed by atoms with Crippen LogP contribution < -0.4 is 9.47 Å². The number of hydrogen-bond donors (Lipinski definition) is 1. The zero-order valence-electron chi connectivity index (χ0n) is 14.6. The molecule has 1 aliphatic carbocycles. The summed E-state index contributed by atoms with van der Waals surface area (Å²) >= 11 is 0. The Labute approximate surface area is 151 Å². The summed E-state index contributed by atoms with van der Waals surface area (Å²) in [5.41, 5.74) is 1.05. The molecule has 3 aliphatic rings. The number of ether oxygens (including phenoxy) is 3. The Balaban J connectivity index is 1.46. The van der Waals surface area contributed by atoms with E-state index in [1.165, 1.54) is 0 Å². The number of fused-ring (bicyclic) bond motifs is 1. The first kappa shape index (κ1) is 17.1. The zero-order valence-corrected chi connectivity index (χ0v) is 14.6. The van der Waals surface area contributed by atoms with Crippen LogP contribution in [0, 0.1) is 5.92 Å². The summed E-state index contributed by atoms with van der Waals surface area (Å²) in [6, 6.07) is 5.76. The molecule has 2 aliphatic heterocycles. The highest BCUT2D eigenvalue weighted by molar-refractivity contribution is 5.86. The van der Waals surface area contributed by atoms with E-state index in [0.717, 1.165) is 23.5 Å². The molecule has 0 aromatic heterocycles. The number of nitrogens with zero attached hydrogens (tertiary/aromatic N) is 1. The van der Waals surface area contributed by atoms with E-state index in [0.29, 0.717) is 39.3 Å². The van der Waals surface area contributed by atoms with Crippen molar-refractivity contribution in [3.8, 4) is 11.5 Å². The average molecular weight is 361 g/mol. The zero-order chi connectivity index (χ0) is 18.1. The fourth-order valence-electron chi connectivity index (χ4n) is 3.87. The lowest BCUT2D eigenvalue weighted by atomic mass is 10.0. The number of carboxylic acid groups (broad SMARTS) is 1. The van der Waals surface area contributed by atoms with Gasteiger partial charge in [0, 0.05) is 25.2 Å². The fourth-order valence-corrected chi connectivity index (χ4v) is 3.87. The van der Waals surface area contributed by atoms with Gasteiger partial charge in [-0.15, -0.1) is 0 Å². The molecule has 1 aromatic carbocycles. The van der Waals surface area contributed by atoms with Gasteiger partial charge in [-0.25, -0.2) is 0 Å². The van der Waals surface area contributed by atoms with E-state index < -0.39 is 5.97 Å². The first-order valence-corrected chi connectivity index (χ1v) is 9.13. The normalized spacial score (nSPS) is 24.8. The van der Waals surface area contributed by atoms with Crippen molar-refractivity contribution in [2.24, 2.45) is 5.92 Å². The lowest BCUT2D eigenvalue weighted by molar-refractivity contribution is -0.148. The van der Waals surface area contributed by atoms with Gasteiger partial charge in [-0.1, -0.05) is 6.07 Å². The topological polar surface area (TPSA) is 85.3 Å². The minimum absolute atomic E-state index is 0.0473. The van der Waals surface area contributed by atoms with Crippen molar-refractivity contribution in [1.82, 2.24) is 4.90 Å². The van der Waals surface area contributed by atoms with Gasteiger partial charge in [0.15, 0.2) is 11.5 Å². The van der Waals surface area contributed by atoms with Crippen LogP contribution in [0.3, 0.4) is 0 Å². The predicted molar refractivity (Wildman–Crippen MR) is 91.5 cm³/mol. The number of hydrogen-bond acceptors (Lipinski definition) is 5. The molecule has 26 heavy (non-hydrogen) atoms. The van der Waals surface area contributed by atoms with Gasteiger partial charge in [-0.2, -0.15) is 0 Å². The van der Waals surface area contributed by atoms with Crippen molar-refractivity contribution in [3.05, 3.63) is 23.8 Å². The number of rotatable bonds is 5. The summed E-state index contributed by atoms with van der Waals surface area (Å²) in [5, 5.41) is 9.23. The minimum Gasteiger partial charge on any atom is -0.486 e. The molecule has 1 N–H and O–H groups in total. The van der Waals surface area contributed by atoms with Crippen LogP contribution in [0.1, 0.15) is 30.7 Å². The average Bonchev–Trinajstić information content (AvgIpc) is 3.46. The molecule has 0 radical (unpaired) electrons. The van der Waals surface area contributed by atoms with E-state index in [4.69, 9.17) is 14.2 Å². The van der Waals surface area contributed by atoms with Gasteiger partial charge in [0.1, 0.15) is 19.8 Å². The molecule has 4 rings (SSSR count). The maximum absolute atomic E-state index is 13.0. The third kappa shape index (κ3) is 3.49.